The number of hydrogen-bond acceptors (Lipinski definition) is 5. The van der Waals surface area contributed by atoms with Crippen molar-refractivity contribution < 1.29 is 32.2 Å². The van der Waals surface area contributed by atoms with Crippen LogP contribution in [0.2, 0.25) is 0 Å². The van der Waals surface area contributed by atoms with Gasteiger partial charge in [0.25, 0.3) is 5.91 Å². The first-order chi connectivity index (χ1) is 15.3. The number of ether oxygens (including phenoxy) is 2. The molecule has 0 aromatic heterocycles. The maximum absolute atomic E-state index is 13.3. The van der Waals surface area contributed by atoms with Crippen LogP contribution >= 0.6 is 0 Å². The second kappa shape index (κ2) is 10.1. The largest absolute Gasteiger partial charge is 0.493 e. The van der Waals surface area contributed by atoms with E-state index < -0.39 is 34.9 Å². The highest BCUT2D eigenvalue weighted by molar-refractivity contribution is 5.95. The zero-order chi connectivity index (χ0) is 24.9. The summed E-state index contributed by atoms with van der Waals surface area (Å²) < 4.78 is 50.6. The smallest absolute Gasteiger partial charge is 0.416 e. The lowest BCUT2D eigenvalue weighted by molar-refractivity contribution is -0.137. The fraction of sp³-hybridized carbons (Fsp3) is 0.522. The van der Waals surface area contributed by atoms with Gasteiger partial charge in [0, 0.05) is 31.5 Å². The quantitative estimate of drug-likeness (QED) is 0.484. The minimum atomic E-state index is -4.68. The van der Waals surface area contributed by atoms with Gasteiger partial charge in [-0.1, -0.05) is 6.08 Å². The molecule has 33 heavy (non-hydrogen) atoms. The van der Waals surface area contributed by atoms with Gasteiger partial charge in [-0.2, -0.15) is 18.4 Å². The summed E-state index contributed by atoms with van der Waals surface area (Å²) >= 11 is 0. The number of carbonyl (C=O) groups excluding carboxylic acids is 2. The van der Waals surface area contributed by atoms with Crippen LogP contribution in [-0.4, -0.2) is 47.7 Å². The lowest BCUT2D eigenvalue weighted by Crippen LogP contribution is -2.55. The Morgan fingerprint density at radius 2 is 1.88 bits per heavy atom. The van der Waals surface area contributed by atoms with Gasteiger partial charge in [0.05, 0.1) is 18.2 Å². The van der Waals surface area contributed by atoms with Gasteiger partial charge < -0.3 is 19.7 Å². The van der Waals surface area contributed by atoms with Gasteiger partial charge in [-0.05, 0) is 45.4 Å². The molecule has 2 amide bonds. The van der Waals surface area contributed by atoms with E-state index >= 15 is 0 Å². The van der Waals surface area contributed by atoms with Gasteiger partial charge >= 0.3 is 12.3 Å². The lowest BCUT2D eigenvalue weighted by Gasteiger charge is -2.38. The third kappa shape index (κ3) is 7.41. The van der Waals surface area contributed by atoms with Crippen molar-refractivity contribution in [2.45, 2.75) is 57.3 Å². The topological polar surface area (TPSA) is 91.7 Å². The molecule has 0 saturated carbocycles. The molecule has 1 aliphatic heterocycles. The summed E-state index contributed by atoms with van der Waals surface area (Å²) in [4.78, 5) is 26.5. The van der Waals surface area contributed by atoms with Crippen LogP contribution in [0.5, 0.6) is 5.75 Å². The molecule has 0 atom stereocenters. The Kier molecular flexibility index (Phi) is 8.01. The van der Waals surface area contributed by atoms with E-state index in [0.717, 1.165) is 12.1 Å². The Balaban J connectivity index is 2.17. The van der Waals surface area contributed by atoms with E-state index in [-0.39, 0.29) is 43.9 Å². The zero-order valence-electron chi connectivity index (χ0n) is 18.9. The normalized spacial score (nSPS) is 15.8. The molecule has 0 unspecified atom stereocenters. The number of nitrogens with one attached hydrogen (secondary N) is 1. The second-order valence-electron chi connectivity index (χ2n) is 8.79. The maximum atomic E-state index is 13.3. The van der Waals surface area contributed by atoms with Crippen molar-refractivity contribution in [2.75, 3.05) is 19.7 Å². The second-order valence-corrected chi connectivity index (χ2v) is 8.79. The molecule has 1 aromatic carbocycles. The first kappa shape index (κ1) is 26.0. The van der Waals surface area contributed by atoms with E-state index in [2.05, 4.69) is 18.0 Å². The number of nitriles is 1. The van der Waals surface area contributed by atoms with Crippen LogP contribution in [0.3, 0.4) is 0 Å². The van der Waals surface area contributed by atoms with Crippen molar-refractivity contribution in [1.82, 2.24) is 10.2 Å². The Morgan fingerprint density at radius 1 is 1.24 bits per heavy atom. The van der Waals surface area contributed by atoms with Crippen molar-refractivity contribution in [2.24, 2.45) is 0 Å². The van der Waals surface area contributed by atoms with E-state index in [4.69, 9.17) is 9.47 Å². The molecule has 1 aliphatic rings. The summed E-state index contributed by atoms with van der Waals surface area (Å²) in [6, 6.07) is 4.79. The molecular weight excluding hydrogens is 439 g/mol. The van der Waals surface area contributed by atoms with Gasteiger partial charge in [0.1, 0.15) is 16.9 Å². The van der Waals surface area contributed by atoms with Crippen LogP contribution in [0.25, 0.3) is 0 Å². The molecule has 0 bridgehead atoms. The first-order valence-corrected chi connectivity index (χ1v) is 10.5. The van der Waals surface area contributed by atoms with Crippen molar-refractivity contribution in [3.8, 4) is 11.8 Å². The van der Waals surface area contributed by atoms with E-state index in [9.17, 15) is 28.0 Å². The fourth-order valence-electron chi connectivity index (χ4n) is 3.19. The molecule has 2 rings (SSSR count). The van der Waals surface area contributed by atoms with Crippen molar-refractivity contribution in [3.05, 3.63) is 42.0 Å². The Labute approximate surface area is 191 Å². The van der Waals surface area contributed by atoms with Gasteiger partial charge in [-0.3, -0.25) is 4.79 Å². The summed E-state index contributed by atoms with van der Waals surface area (Å²) in [5.41, 5.74) is -3.31. The van der Waals surface area contributed by atoms with E-state index in [1.54, 1.807) is 26.8 Å². The van der Waals surface area contributed by atoms with Gasteiger partial charge in [-0.15, -0.1) is 6.58 Å². The van der Waals surface area contributed by atoms with Gasteiger partial charge in [0.15, 0.2) is 0 Å². The third-order valence-electron chi connectivity index (χ3n) is 4.92. The number of carbonyl (C=O) groups is 2. The SMILES string of the molecule is C=CCCOc1cc(C(=O)NC2(C#N)CCN(C(=O)OC(C)(C)C)CC2)cc(C(F)(F)F)c1. The Hall–Kier alpha value is -3.22. The van der Waals surface area contributed by atoms with E-state index in [1.807, 2.05) is 0 Å². The minimum absolute atomic E-state index is 0.106. The molecule has 0 radical (unpaired) electrons. The first-order valence-electron chi connectivity index (χ1n) is 10.5. The lowest BCUT2D eigenvalue weighted by atomic mass is 9.88. The van der Waals surface area contributed by atoms with E-state index in [1.165, 1.54) is 11.0 Å². The molecule has 7 nitrogen and oxygen atoms in total. The summed E-state index contributed by atoms with van der Waals surface area (Å²) in [6.07, 6.45) is -3.02. The molecule has 1 aromatic rings. The van der Waals surface area contributed by atoms with Crippen LogP contribution in [-0.2, 0) is 10.9 Å². The molecule has 1 fully saturated rings. The number of rotatable bonds is 6. The number of halogens is 3. The van der Waals surface area contributed by atoms with E-state index in [0.29, 0.717) is 6.42 Å². The third-order valence-corrected chi connectivity index (χ3v) is 4.92. The standard InChI is InChI=1S/C23H28F3N3O4/c1-5-6-11-32-18-13-16(12-17(14-18)23(24,25)26)19(30)28-22(15-27)7-9-29(10-8-22)20(31)33-21(2,3)4/h5,12-14H,1,6-11H2,2-4H3,(H,28,30). The monoisotopic (exact) mass is 467 g/mol. The molecule has 0 spiro atoms. The van der Waals surface area contributed by atoms with Crippen LogP contribution in [0.15, 0.2) is 30.9 Å². The van der Waals surface area contributed by atoms with Crippen LogP contribution in [0.4, 0.5) is 18.0 Å². The number of likely N-dealkylation sites (tertiary alicyclic amines) is 1. The van der Waals surface area contributed by atoms with Crippen molar-refractivity contribution >= 4 is 12.0 Å². The van der Waals surface area contributed by atoms with Gasteiger partial charge in [-0.25, -0.2) is 4.79 Å². The molecule has 10 heteroatoms. The average molecular weight is 467 g/mol. The minimum Gasteiger partial charge on any atom is -0.493 e. The number of piperidine rings is 1. The molecule has 0 aliphatic carbocycles. The zero-order valence-corrected chi connectivity index (χ0v) is 18.9. The highest BCUT2D eigenvalue weighted by atomic mass is 19.4. The molecule has 180 valence electrons. The number of amides is 2. The summed E-state index contributed by atoms with van der Waals surface area (Å²) in [5.74, 6) is -0.940. The molecule has 1 heterocycles. The fourth-order valence-corrected chi connectivity index (χ4v) is 3.19. The highest BCUT2D eigenvalue weighted by Gasteiger charge is 2.39. The van der Waals surface area contributed by atoms with Gasteiger partial charge in [0.2, 0.25) is 0 Å². The molecular formula is C23H28F3N3O4. The number of hydrogen-bond donors (Lipinski definition) is 1. The average Bonchev–Trinajstić information content (AvgIpc) is 2.72. The summed E-state index contributed by atoms with van der Waals surface area (Å²) in [7, 11) is 0. The molecule has 1 N–H and O–H groups in total. The highest BCUT2D eigenvalue weighted by Crippen LogP contribution is 2.33. The summed E-state index contributed by atoms with van der Waals surface area (Å²) in [6.45, 7) is 9.14. The predicted molar refractivity (Wildman–Crippen MR) is 115 cm³/mol. The Morgan fingerprint density at radius 3 is 2.39 bits per heavy atom. The van der Waals surface area contributed by atoms with Crippen LogP contribution < -0.4 is 10.1 Å². The number of alkyl halides is 3. The predicted octanol–water partition coefficient (Wildman–Crippen LogP) is 4.68. The summed E-state index contributed by atoms with van der Waals surface area (Å²) in [5, 5.41) is 12.3. The van der Waals surface area contributed by atoms with Crippen molar-refractivity contribution in [1.29, 1.82) is 5.26 Å². The maximum Gasteiger partial charge on any atom is 0.416 e. The molecule has 1 saturated heterocycles. The number of nitrogens with zero attached hydrogens (tertiary/aromatic N) is 2. The van der Waals surface area contributed by atoms with Crippen molar-refractivity contribution in [3.63, 3.8) is 0 Å². The van der Waals surface area contributed by atoms with Crippen LogP contribution in [0, 0.1) is 11.3 Å². The van der Waals surface area contributed by atoms with Crippen LogP contribution in [0.1, 0.15) is 56.0 Å². The Bertz CT molecular complexity index is 924. The number of benzene rings is 1.